The number of carbonyl (C=O) groups is 1. The second-order valence-electron chi connectivity index (χ2n) is 5.04. The molecular formula is C17H16N2OS. The summed E-state index contributed by atoms with van der Waals surface area (Å²) in [4.78, 5) is 13.1. The highest BCUT2D eigenvalue weighted by Gasteiger charge is 2.16. The molecule has 3 nitrogen and oxygen atoms in total. The topological polar surface area (TPSA) is 55.1 Å². The monoisotopic (exact) mass is 296 g/mol. The Morgan fingerprint density at radius 3 is 2.62 bits per heavy atom. The van der Waals surface area contributed by atoms with Gasteiger partial charge in [-0.2, -0.15) is 0 Å². The molecule has 0 unspecified atom stereocenters. The average molecular weight is 296 g/mol. The molecule has 0 aliphatic heterocycles. The van der Waals surface area contributed by atoms with E-state index in [1.54, 1.807) is 0 Å². The quantitative estimate of drug-likeness (QED) is 0.738. The molecule has 0 bridgehead atoms. The van der Waals surface area contributed by atoms with E-state index in [9.17, 15) is 4.79 Å². The maximum atomic E-state index is 12.5. The highest BCUT2D eigenvalue weighted by molar-refractivity contribution is 7.21. The highest BCUT2D eigenvalue weighted by atomic mass is 32.1. The number of hydrogen-bond donors (Lipinski definition) is 2. The van der Waals surface area contributed by atoms with Crippen molar-refractivity contribution in [2.45, 2.75) is 13.8 Å². The Morgan fingerprint density at radius 1 is 1.10 bits per heavy atom. The van der Waals surface area contributed by atoms with Crippen molar-refractivity contribution in [3.8, 4) is 0 Å². The summed E-state index contributed by atoms with van der Waals surface area (Å²) in [6.45, 7) is 4.03. The molecule has 3 rings (SSSR count). The van der Waals surface area contributed by atoms with Crippen LogP contribution in [0.5, 0.6) is 0 Å². The molecule has 2 aromatic carbocycles. The van der Waals surface area contributed by atoms with E-state index in [0.29, 0.717) is 10.6 Å². The minimum atomic E-state index is -0.151. The summed E-state index contributed by atoms with van der Waals surface area (Å²) in [5.41, 5.74) is 9.72. The summed E-state index contributed by atoms with van der Waals surface area (Å²) >= 11 is 1.42. The van der Waals surface area contributed by atoms with Gasteiger partial charge in [-0.15, -0.1) is 11.3 Å². The third-order valence-corrected chi connectivity index (χ3v) is 4.88. The van der Waals surface area contributed by atoms with Crippen molar-refractivity contribution >= 4 is 38.7 Å². The van der Waals surface area contributed by atoms with Crippen molar-refractivity contribution in [1.29, 1.82) is 0 Å². The van der Waals surface area contributed by atoms with E-state index in [-0.39, 0.29) is 5.91 Å². The number of fused-ring (bicyclic) bond motifs is 1. The predicted octanol–water partition coefficient (Wildman–Crippen LogP) is 4.35. The fourth-order valence-corrected chi connectivity index (χ4v) is 3.32. The first-order valence-electron chi connectivity index (χ1n) is 6.72. The second kappa shape index (κ2) is 5.22. The van der Waals surface area contributed by atoms with Crippen LogP contribution in [0.1, 0.15) is 20.8 Å². The lowest BCUT2D eigenvalue weighted by molar-refractivity contribution is 0.103. The van der Waals surface area contributed by atoms with Gasteiger partial charge in [0, 0.05) is 15.8 Å². The van der Waals surface area contributed by atoms with Crippen LogP contribution in [0.3, 0.4) is 0 Å². The maximum Gasteiger partial charge on any atom is 0.267 e. The zero-order valence-corrected chi connectivity index (χ0v) is 12.8. The molecule has 1 aromatic heterocycles. The van der Waals surface area contributed by atoms with Gasteiger partial charge in [0.15, 0.2) is 0 Å². The standard InChI is InChI=1S/C17H16N2OS/c1-10-6-5-8-13(11(10)2)19-17(20)16-15(18)12-7-3-4-9-14(12)21-16/h3-9H,18H2,1-2H3,(H,19,20). The van der Waals surface area contributed by atoms with Crippen LogP contribution in [0.15, 0.2) is 42.5 Å². The Morgan fingerprint density at radius 2 is 1.86 bits per heavy atom. The lowest BCUT2D eigenvalue weighted by Crippen LogP contribution is -2.13. The Kier molecular flexibility index (Phi) is 3.39. The van der Waals surface area contributed by atoms with Gasteiger partial charge in [0.25, 0.3) is 5.91 Å². The number of hydrogen-bond acceptors (Lipinski definition) is 3. The minimum absolute atomic E-state index is 0.151. The molecule has 1 amide bonds. The molecule has 0 saturated carbocycles. The van der Waals surface area contributed by atoms with E-state index in [4.69, 9.17) is 5.73 Å². The van der Waals surface area contributed by atoms with Crippen LogP contribution in [0.25, 0.3) is 10.1 Å². The van der Waals surface area contributed by atoms with Crippen molar-refractivity contribution in [2.75, 3.05) is 11.1 Å². The number of carbonyl (C=O) groups excluding carboxylic acids is 1. The number of thiophene rings is 1. The van der Waals surface area contributed by atoms with Crippen LogP contribution < -0.4 is 11.1 Å². The van der Waals surface area contributed by atoms with Gasteiger partial charge in [0.2, 0.25) is 0 Å². The lowest BCUT2D eigenvalue weighted by atomic mass is 10.1. The Balaban J connectivity index is 1.97. The number of aryl methyl sites for hydroxylation is 1. The molecule has 0 atom stereocenters. The van der Waals surface area contributed by atoms with Crippen molar-refractivity contribution in [3.05, 3.63) is 58.5 Å². The van der Waals surface area contributed by atoms with Gasteiger partial charge < -0.3 is 11.1 Å². The van der Waals surface area contributed by atoms with E-state index < -0.39 is 0 Å². The number of nitrogen functional groups attached to an aromatic ring is 1. The number of nitrogens with two attached hydrogens (primary N) is 1. The molecule has 4 heteroatoms. The fourth-order valence-electron chi connectivity index (χ4n) is 2.30. The molecule has 0 saturated heterocycles. The summed E-state index contributed by atoms with van der Waals surface area (Å²) in [7, 11) is 0. The third-order valence-electron chi connectivity index (χ3n) is 3.69. The molecular weight excluding hydrogens is 280 g/mol. The van der Waals surface area contributed by atoms with E-state index in [1.165, 1.54) is 11.3 Å². The van der Waals surface area contributed by atoms with Crippen molar-refractivity contribution < 1.29 is 4.79 Å². The molecule has 0 fully saturated rings. The molecule has 1 heterocycles. The average Bonchev–Trinajstić information content (AvgIpc) is 2.82. The van der Waals surface area contributed by atoms with E-state index in [0.717, 1.165) is 26.9 Å². The van der Waals surface area contributed by atoms with Crippen LogP contribution >= 0.6 is 11.3 Å². The zero-order valence-electron chi connectivity index (χ0n) is 11.9. The zero-order chi connectivity index (χ0) is 15.0. The normalized spacial score (nSPS) is 10.8. The van der Waals surface area contributed by atoms with Crippen LogP contribution in [-0.2, 0) is 0 Å². The molecule has 21 heavy (non-hydrogen) atoms. The maximum absolute atomic E-state index is 12.5. The van der Waals surface area contributed by atoms with Gasteiger partial charge in [-0.1, -0.05) is 30.3 Å². The first kappa shape index (κ1) is 13.6. The van der Waals surface area contributed by atoms with Crippen LogP contribution in [0, 0.1) is 13.8 Å². The van der Waals surface area contributed by atoms with Crippen molar-refractivity contribution in [1.82, 2.24) is 0 Å². The third kappa shape index (κ3) is 2.38. The van der Waals surface area contributed by atoms with Gasteiger partial charge in [-0.25, -0.2) is 0 Å². The number of rotatable bonds is 2. The molecule has 3 aromatic rings. The van der Waals surface area contributed by atoms with Gasteiger partial charge in [0.1, 0.15) is 4.88 Å². The number of amides is 1. The van der Waals surface area contributed by atoms with Crippen LogP contribution in [0.4, 0.5) is 11.4 Å². The van der Waals surface area contributed by atoms with Crippen molar-refractivity contribution in [3.63, 3.8) is 0 Å². The summed E-state index contributed by atoms with van der Waals surface area (Å²) < 4.78 is 1.03. The van der Waals surface area contributed by atoms with Crippen LogP contribution in [-0.4, -0.2) is 5.91 Å². The first-order valence-corrected chi connectivity index (χ1v) is 7.54. The molecule has 0 spiro atoms. The largest absolute Gasteiger partial charge is 0.397 e. The van der Waals surface area contributed by atoms with E-state index >= 15 is 0 Å². The Hall–Kier alpha value is -2.33. The highest BCUT2D eigenvalue weighted by Crippen LogP contribution is 2.34. The summed E-state index contributed by atoms with van der Waals surface area (Å²) in [6, 6.07) is 13.7. The van der Waals surface area contributed by atoms with E-state index in [1.807, 2.05) is 56.3 Å². The number of nitrogens with one attached hydrogen (secondary N) is 1. The van der Waals surface area contributed by atoms with Crippen molar-refractivity contribution in [2.24, 2.45) is 0 Å². The van der Waals surface area contributed by atoms with Crippen LogP contribution in [0.2, 0.25) is 0 Å². The molecule has 106 valence electrons. The summed E-state index contributed by atoms with van der Waals surface area (Å²) in [5, 5.41) is 3.90. The first-order chi connectivity index (χ1) is 10.1. The number of benzene rings is 2. The van der Waals surface area contributed by atoms with Gasteiger partial charge in [0.05, 0.1) is 5.69 Å². The molecule has 0 aliphatic rings. The van der Waals surface area contributed by atoms with E-state index in [2.05, 4.69) is 5.32 Å². The predicted molar refractivity (Wildman–Crippen MR) is 90.1 cm³/mol. The fraction of sp³-hybridized carbons (Fsp3) is 0.118. The molecule has 3 N–H and O–H groups in total. The summed E-state index contributed by atoms with van der Waals surface area (Å²) in [5.74, 6) is -0.151. The van der Waals surface area contributed by atoms with Gasteiger partial charge in [-0.05, 0) is 37.1 Å². The lowest BCUT2D eigenvalue weighted by Gasteiger charge is -2.09. The van der Waals surface area contributed by atoms with Gasteiger partial charge in [-0.3, -0.25) is 4.79 Å². The SMILES string of the molecule is Cc1cccc(NC(=O)c2sc3ccccc3c2N)c1C. The second-order valence-corrected chi connectivity index (χ2v) is 6.09. The summed E-state index contributed by atoms with van der Waals surface area (Å²) in [6.07, 6.45) is 0. The minimum Gasteiger partial charge on any atom is -0.397 e. The smallest absolute Gasteiger partial charge is 0.267 e. The van der Waals surface area contributed by atoms with Gasteiger partial charge >= 0.3 is 0 Å². The molecule has 0 radical (unpaired) electrons. The molecule has 0 aliphatic carbocycles. The Bertz CT molecular complexity index is 836. The Labute approximate surface area is 127 Å². The number of anilines is 2.